The Morgan fingerprint density at radius 3 is 2.71 bits per heavy atom. The summed E-state index contributed by atoms with van der Waals surface area (Å²) in [5.74, 6) is -1.12. The molecule has 2 aromatic rings. The van der Waals surface area contributed by atoms with Crippen molar-refractivity contribution < 1.29 is 22.4 Å². The Morgan fingerprint density at radius 1 is 1.32 bits per heavy atom. The second-order valence-corrected chi connectivity index (χ2v) is 11.2. The maximum Gasteiger partial charge on any atom is 0.245 e. The SMILES string of the molecule is CC[C@H](NC(=O)[C@H](C)NC)C(=O)N1CC[C@@H]2[C@H]1[C@H](c1c[nH]c3cc(F)ccc13)CN2S(C)(=O)=O. The number of likely N-dealkylation sites (tertiary alicyclic amines) is 1. The van der Waals surface area contributed by atoms with Crippen molar-refractivity contribution in [3.8, 4) is 0 Å². The minimum absolute atomic E-state index is 0.210. The molecule has 5 atom stereocenters. The average Bonchev–Trinajstić information content (AvgIpc) is 3.49. The fraction of sp³-hybridized carbons (Fsp3) is 0.565. The predicted molar refractivity (Wildman–Crippen MR) is 127 cm³/mol. The van der Waals surface area contributed by atoms with Crippen molar-refractivity contribution in [1.82, 2.24) is 24.8 Å². The van der Waals surface area contributed by atoms with Gasteiger partial charge in [0.05, 0.1) is 18.3 Å². The number of amides is 2. The van der Waals surface area contributed by atoms with E-state index in [9.17, 15) is 22.4 Å². The van der Waals surface area contributed by atoms with Gasteiger partial charge < -0.3 is 20.5 Å². The lowest BCUT2D eigenvalue weighted by molar-refractivity contribution is -0.137. The van der Waals surface area contributed by atoms with Gasteiger partial charge in [-0.05, 0) is 50.6 Å². The largest absolute Gasteiger partial charge is 0.361 e. The Kier molecular flexibility index (Phi) is 6.71. The molecule has 2 fully saturated rings. The third kappa shape index (κ3) is 4.32. The summed E-state index contributed by atoms with van der Waals surface area (Å²) in [6, 6.07) is 2.60. The van der Waals surface area contributed by atoms with Crippen molar-refractivity contribution in [2.75, 3.05) is 26.4 Å². The number of fused-ring (bicyclic) bond motifs is 2. The Bertz CT molecular complexity index is 1200. The minimum atomic E-state index is -3.50. The van der Waals surface area contributed by atoms with Crippen molar-refractivity contribution in [2.45, 2.75) is 56.8 Å². The van der Waals surface area contributed by atoms with Crippen molar-refractivity contribution in [2.24, 2.45) is 0 Å². The summed E-state index contributed by atoms with van der Waals surface area (Å²) in [7, 11) is -1.83. The number of benzene rings is 1. The maximum absolute atomic E-state index is 13.7. The molecule has 2 aliphatic heterocycles. The Hall–Kier alpha value is -2.50. The van der Waals surface area contributed by atoms with Crippen LogP contribution in [0.15, 0.2) is 24.4 Å². The first-order valence-corrected chi connectivity index (χ1v) is 13.4. The molecule has 2 saturated heterocycles. The van der Waals surface area contributed by atoms with Crippen LogP contribution in [0.1, 0.15) is 38.2 Å². The Balaban J connectivity index is 1.69. The number of hydrogen-bond acceptors (Lipinski definition) is 5. The van der Waals surface area contributed by atoms with Crippen molar-refractivity contribution in [1.29, 1.82) is 0 Å². The highest BCUT2D eigenvalue weighted by Crippen LogP contribution is 2.44. The number of carbonyl (C=O) groups excluding carboxylic acids is 2. The quantitative estimate of drug-likeness (QED) is 0.535. The molecule has 0 radical (unpaired) electrons. The van der Waals surface area contributed by atoms with Crippen LogP contribution >= 0.6 is 0 Å². The average molecular weight is 494 g/mol. The summed E-state index contributed by atoms with van der Waals surface area (Å²) in [5.41, 5.74) is 1.48. The third-order valence-corrected chi connectivity index (χ3v) is 8.48. The molecule has 0 unspecified atom stereocenters. The molecule has 4 rings (SSSR count). The van der Waals surface area contributed by atoms with Crippen LogP contribution in [0.25, 0.3) is 10.9 Å². The highest BCUT2D eigenvalue weighted by Gasteiger charge is 2.54. The van der Waals surface area contributed by atoms with E-state index in [0.29, 0.717) is 24.9 Å². The van der Waals surface area contributed by atoms with Gasteiger partial charge in [0.1, 0.15) is 11.9 Å². The number of aromatic amines is 1. The second kappa shape index (κ2) is 9.27. The van der Waals surface area contributed by atoms with Gasteiger partial charge in [-0.2, -0.15) is 4.31 Å². The summed E-state index contributed by atoms with van der Waals surface area (Å²) < 4.78 is 40.5. The van der Waals surface area contributed by atoms with Gasteiger partial charge in [0, 0.05) is 42.1 Å². The zero-order valence-electron chi connectivity index (χ0n) is 19.8. The zero-order chi connectivity index (χ0) is 24.8. The number of hydrogen-bond donors (Lipinski definition) is 3. The molecular weight excluding hydrogens is 461 g/mol. The molecule has 186 valence electrons. The first kappa shape index (κ1) is 24.6. The first-order valence-electron chi connectivity index (χ1n) is 11.6. The molecular formula is C23H32FN5O4S. The number of rotatable bonds is 7. The van der Waals surface area contributed by atoms with Gasteiger partial charge in [0.2, 0.25) is 21.8 Å². The van der Waals surface area contributed by atoms with Gasteiger partial charge in [0.15, 0.2) is 0 Å². The number of carbonyl (C=O) groups is 2. The number of H-pyrrole nitrogens is 1. The number of sulfonamides is 1. The molecule has 0 aliphatic carbocycles. The van der Waals surface area contributed by atoms with Gasteiger partial charge in [-0.25, -0.2) is 12.8 Å². The topological polar surface area (TPSA) is 115 Å². The molecule has 0 bridgehead atoms. The van der Waals surface area contributed by atoms with E-state index in [1.807, 2.05) is 6.92 Å². The van der Waals surface area contributed by atoms with Gasteiger partial charge >= 0.3 is 0 Å². The molecule has 34 heavy (non-hydrogen) atoms. The third-order valence-electron chi connectivity index (χ3n) is 7.21. The minimum Gasteiger partial charge on any atom is -0.361 e. The summed E-state index contributed by atoms with van der Waals surface area (Å²) in [6.07, 6.45) is 3.91. The van der Waals surface area contributed by atoms with E-state index in [1.54, 1.807) is 31.1 Å². The Labute approximate surface area is 199 Å². The van der Waals surface area contributed by atoms with Crippen LogP contribution in [-0.4, -0.2) is 85.0 Å². The van der Waals surface area contributed by atoms with Crippen LogP contribution in [0.2, 0.25) is 0 Å². The fourth-order valence-corrected chi connectivity index (χ4v) is 6.50. The summed E-state index contributed by atoms with van der Waals surface area (Å²) >= 11 is 0. The van der Waals surface area contributed by atoms with E-state index in [-0.39, 0.29) is 42.2 Å². The molecule has 9 nitrogen and oxygen atoms in total. The number of nitrogens with one attached hydrogen (secondary N) is 3. The van der Waals surface area contributed by atoms with E-state index < -0.39 is 22.1 Å². The summed E-state index contributed by atoms with van der Waals surface area (Å²) in [6.45, 7) is 4.20. The smallest absolute Gasteiger partial charge is 0.245 e. The van der Waals surface area contributed by atoms with E-state index in [0.717, 1.165) is 10.9 Å². The molecule has 11 heteroatoms. The zero-order valence-corrected chi connectivity index (χ0v) is 20.7. The lowest BCUT2D eigenvalue weighted by Crippen LogP contribution is -2.54. The van der Waals surface area contributed by atoms with E-state index in [2.05, 4.69) is 15.6 Å². The lowest BCUT2D eigenvalue weighted by atomic mass is 9.91. The van der Waals surface area contributed by atoms with Crippen LogP contribution in [-0.2, 0) is 19.6 Å². The van der Waals surface area contributed by atoms with Crippen molar-refractivity contribution in [3.05, 3.63) is 35.8 Å². The molecule has 3 N–H and O–H groups in total. The highest BCUT2D eigenvalue weighted by atomic mass is 32.2. The molecule has 2 aliphatic rings. The number of aromatic nitrogens is 1. The van der Waals surface area contributed by atoms with E-state index in [4.69, 9.17) is 0 Å². The summed E-state index contributed by atoms with van der Waals surface area (Å²) in [4.78, 5) is 30.9. The molecule has 0 saturated carbocycles. The first-order chi connectivity index (χ1) is 16.1. The lowest BCUT2D eigenvalue weighted by Gasteiger charge is -2.32. The second-order valence-electron chi connectivity index (χ2n) is 9.23. The number of likely N-dealkylation sites (N-methyl/N-ethyl adjacent to an activating group) is 1. The normalized spacial score (nSPS) is 24.9. The van der Waals surface area contributed by atoms with Crippen LogP contribution in [0, 0.1) is 5.82 Å². The van der Waals surface area contributed by atoms with Gasteiger partial charge in [-0.3, -0.25) is 9.59 Å². The van der Waals surface area contributed by atoms with Gasteiger partial charge in [-0.1, -0.05) is 6.92 Å². The molecule has 0 spiro atoms. The van der Waals surface area contributed by atoms with Crippen molar-refractivity contribution in [3.63, 3.8) is 0 Å². The number of halogens is 1. The fourth-order valence-electron chi connectivity index (χ4n) is 5.35. The highest BCUT2D eigenvalue weighted by molar-refractivity contribution is 7.88. The molecule has 1 aromatic carbocycles. The van der Waals surface area contributed by atoms with E-state index in [1.165, 1.54) is 22.7 Å². The van der Waals surface area contributed by atoms with E-state index >= 15 is 0 Å². The van der Waals surface area contributed by atoms with Crippen LogP contribution in [0.3, 0.4) is 0 Å². The van der Waals surface area contributed by atoms with Gasteiger partial charge in [0.25, 0.3) is 0 Å². The number of nitrogens with zero attached hydrogens (tertiary/aromatic N) is 2. The van der Waals surface area contributed by atoms with Crippen LogP contribution < -0.4 is 10.6 Å². The van der Waals surface area contributed by atoms with Crippen LogP contribution in [0.5, 0.6) is 0 Å². The molecule has 2 amide bonds. The maximum atomic E-state index is 13.7. The summed E-state index contributed by atoms with van der Waals surface area (Å²) in [5, 5.41) is 6.50. The van der Waals surface area contributed by atoms with Crippen LogP contribution in [0.4, 0.5) is 4.39 Å². The predicted octanol–water partition coefficient (Wildman–Crippen LogP) is 1.14. The molecule has 1 aromatic heterocycles. The van der Waals surface area contributed by atoms with Crippen molar-refractivity contribution >= 4 is 32.7 Å². The molecule has 3 heterocycles. The van der Waals surface area contributed by atoms with Gasteiger partial charge in [-0.15, -0.1) is 0 Å². The Morgan fingerprint density at radius 2 is 2.06 bits per heavy atom. The monoisotopic (exact) mass is 493 g/mol. The standard InChI is InChI=1S/C23H32FN5O4S/c1-5-18(27-22(30)13(2)25-3)23(31)28-9-8-20-21(28)17(12-29(20)34(4,32)33)16-11-26-19-10-14(24)6-7-15(16)19/h6-7,10-11,13,17-18,20-21,25-26H,5,8-9,12H2,1-4H3,(H,27,30)/t13-,17-,18-,20+,21+/m0/s1.